The van der Waals surface area contributed by atoms with Gasteiger partial charge in [-0.1, -0.05) is 30.3 Å². The van der Waals surface area contributed by atoms with Crippen molar-refractivity contribution in [2.75, 3.05) is 26.0 Å². The maximum Gasteiger partial charge on any atom is 0.340 e. The number of hydrogen-bond acceptors (Lipinski definition) is 4. The van der Waals surface area contributed by atoms with E-state index in [4.69, 9.17) is 5.73 Å². The number of nitrogens with two attached hydrogens (primary N) is 1. The lowest BCUT2D eigenvalue weighted by Gasteiger charge is -2.10. The molecule has 3 rings (SSSR count). The number of amides is 2. The van der Waals surface area contributed by atoms with Crippen LogP contribution in [0.1, 0.15) is 0 Å². The van der Waals surface area contributed by atoms with Crippen molar-refractivity contribution < 1.29 is 9.59 Å². The van der Waals surface area contributed by atoms with Gasteiger partial charge in [-0.2, -0.15) is 9.78 Å². The third kappa shape index (κ3) is 3.51. The number of aromatic nitrogens is 2. The minimum absolute atomic E-state index is 0.102. The Morgan fingerprint density at radius 1 is 1.16 bits per heavy atom. The highest BCUT2D eigenvalue weighted by atomic mass is 16.2. The largest absolute Gasteiger partial charge is 0.350 e. The fourth-order valence-corrected chi connectivity index (χ4v) is 2.68. The van der Waals surface area contributed by atoms with E-state index >= 15 is 0 Å². The van der Waals surface area contributed by atoms with Gasteiger partial charge in [-0.3, -0.25) is 4.79 Å². The summed E-state index contributed by atoms with van der Waals surface area (Å²) in [4.78, 5) is 25.4. The standard InChI is InChI=1S/C18H19N5O2/c1-22(2)11-16(24)20-13-7-5-6-12(10-13)17-14-8-3-4-9-15(14)23(21-17)18(19)25/h3-10H,11H2,1-2H3,(H2,19,25)(H,20,24). The Balaban J connectivity index is 2.00. The van der Waals surface area contributed by atoms with Crippen LogP contribution < -0.4 is 11.1 Å². The molecule has 1 heterocycles. The van der Waals surface area contributed by atoms with Gasteiger partial charge in [0.15, 0.2) is 0 Å². The van der Waals surface area contributed by atoms with E-state index in [1.807, 2.05) is 56.6 Å². The van der Waals surface area contributed by atoms with Crippen molar-refractivity contribution in [3.05, 3.63) is 48.5 Å². The molecule has 0 saturated carbocycles. The van der Waals surface area contributed by atoms with Crippen molar-refractivity contribution >= 4 is 28.5 Å². The molecular weight excluding hydrogens is 318 g/mol. The lowest BCUT2D eigenvalue weighted by Crippen LogP contribution is -2.27. The van der Waals surface area contributed by atoms with Gasteiger partial charge in [0.05, 0.1) is 12.1 Å². The molecule has 1 aromatic heterocycles. The Hall–Kier alpha value is -3.19. The van der Waals surface area contributed by atoms with Crippen LogP contribution in [0.5, 0.6) is 0 Å². The lowest BCUT2D eigenvalue weighted by atomic mass is 10.1. The Labute approximate surface area is 145 Å². The van der Waals surface area contributed by atoms with Gasteiger partial charge in [0.25, 0.3) is 0 Å². The van der Waals surface area contributed by atoms with Gasteiger partial charge >= 0.3 is 6.03 Å². The average Bonchev–Trinajstić information content (AvgIpc) is 2.94. The summed E-state index contributed by atoms with van der Waals surface area (Å²) < 4.78 is 1.18. The van der Waals surface area contributed by atoms with Crippen LogP contribution in [0.15, 0.2) is 48.5 Å². The number of nitrogens with zero attached hydrogens (tertiary/aromatic N) is 3. The van der Waals surface area contributed by atoms with Crippen LogP contribution in [0.4, 0.5) is 10.5 Å². The molecule has 3 N–H and O–H groups in total. The second-order valence-electron chi connectivity index (χ2n) is 5.98. The number of likely N-dealkylation sites (N-methyl/N-ethyl adjacent to an activating group) is 1. The molecule has 7 nitrogen and oxygen atoms in total. The van der Waals surface area contributed by atoms with Gasteiger partial charge in [0, 0.05) is 16.6 Å². The predicted octanol–water partition coefficient (Wildman–Crippen LogP) is 2.13. The summed E-state index contributed by atoms with van der Waals surface area (Å²) in [6, 6.07) is 14.1. The van der Waals surface area contributed by atoms with E-state index in [-0.39, 0.29) is 5.91 Å². The lowest BCUT2D eigenvalue weighted by molar-refractivity contribution is -0.116. The van der Waals surface area contributed by atoms with Crippen LogP contribution in [0.25, 0.3) is 22.2 Å². The number of primary amides is 1. The van der Waals surface area contributed by atoms with Crippen molar-refractivity contribution in [3.8, 4) is 11.3 Å². The smallest absolute Gasteiger partial charge is 0.340 e. The van der Waals surface area contributed by atoms with Gasteiger partial charge in [0.1, 0.15) is 5.69 Å². The van der Waals surface area contributed by atoms with Gasteiger partial charge < -0.3 is 16.0 Å². The topological polar surface area (TPSA) is 93.2 Å². The van der Waals surface area contributed by atoms with E-state index in [1.54, 1.807) is 11.0 Å². The molecule has 0 bridgehead atoms. The Kier molecular flexibility index (Phi) is 4.49. The number of carbonyl (C=O) groups is 2. The molecule has 0 saturated heterocycles. The van der Waals surface area contributed by atoms with Crippen molar-refractivity contribution in [1.82, 2.24) is 14.7 Å². The molecule has 3 aromatic rings. The molecule has 0 aliphatic heterocycles. The summed E-state index contributed by atoms with van der Waals surface area (Å²) in [6.07, 6.45) is 0. The first-order chi connectivity index (χ1) is 12.0. The summed E-state index contributed by atoms with van der Waals surface area (Å²) in [5, 5.41) is 8.02. The first kappa shape index (κ1) is 16.7. The molecule has 0 unspecified atom stereocenters. The number of nitrogens with one attached hydrogen (secondary N) is 1. The molecule has 0 radical (unpaired) electrons. The normalized spacial score (nSPS) is 11.0. The summed E-state index contributed by atoms with van der Waals surface area (Å²) in [5.74, 6) is -0.102. The number of benzene rings is 2. The fourth-order valence-electron chi connectivity index (χ4n) is 2.68. The molecule has 2 aromatic carbocycles. The quantitative estimate of drug-likeness (QED) is 0.763. The minimum Gasteiger partial charge on any atom is -0.350 e. The molecule has 0 fully saturated rings. The summed E-state index contributed by atoms with van der Waals surface area (Å²) >= 11 is 0. The number of carbonyl (C=O) groups excluding carboxylic acids is 2. The Bertz CT molecular complexity index is 946. The second-order valence-corrected chi connectivity index (χ2v) is 5.98. The number of rotatable bonds is 4. The van der Waals surface area contributed by atoms with E-state index in [2.05, 4.69) is 10.4 Å². The van der Waals surface area contributed by atoms with Crippen molar-refractivity contribution in [2.45, 2.75) is 0 Å². The maximum absolute atomic E-state index is 11.9. The highest BCUT2D eigenvalue weighted by molar-refractivity contribution is 5.99. The monoisotopic (exact) mass is 337 g/mol. The second kappa shape index (κ2) is 6.74. The van der Waals surface area contributed by atoms with E-state index < -0.39 is 6.03 Å². The average molecular weight is 337 g/mol. The SMILES string of the molecule is CN(C)CC(=O)Nc1cccc(-c2nn(C(N)=O)c3ccccc23)c1. The molecule has 0 spiro atoms. The van der Waals surface area contributed by atoms with Crippen LogP contribution in [0.3, 0.4) is 0 Å². The zero-order valence-electron chi connectivity index (χ0n) is 14.1. The zero-order chi connectivity index (χ0) is 18.0. The van der Waals surface area contributed by atoms with E-state index in [1.165, 1.54) is 4.68 Å². The number of hydrogen-bond donors (Lipinski definition) is 2. The van der Waals surface area contributed by atoms with Crippen LogP contribution in [-0.4, -0.2) is 47.3 Å². The van der Waals surface area contributed by atoms with E-state index in [9.17, 15) is 9.59 Å². The molecule has 0 aliphatic rings. The highest BCUT2D eigenvalue weighted by Gasteiger charge is 2.15. The number of anilines is 1. The molecule has 0 atom stereocenters. The van der Waals surface area contributed by atoms with Gasteiger partial charge in [0.2, 0.25) is 5.91 Å². The fraction of sp³-hybridized carbons (Fsp3) is 0.167. The molecule has 25 heavy (non-hydrogen) atoms. The third-order valence-electron chi connectivity index (χ3n) is 3.68. The predicted molar refractivity (Wildman–Crippen MR) is 97.3 cm³/mol. The maximum atomic E-state index is 11.9. The molecular formula is C18H19N5O2. The van der Waals surface area contributed by atoms with Crippen molar-refractivity contribution in [3.63, 3.8) is 0 Å². The molecule has 2 amide bonds. The summed E-state index contributed by atoms with van der Waals surface area (Å²) in [5.41, 5.74) is 8.16. The van der Waals surface area contributed by atoms with Crippen LogP contribution in [-0.2, 0) is 4.79 Å². The Morgan fingerprint density at radius 3 is 2.64 bits per heavy atom. The summed E-state index contributed by atoms with van der Waals surface area (Å²) in [6.45, 7) is 0.295. The van der Waals surface area contributed by atoms with Gasteiger partial charge in [-0.15, -0.1) is 0 Å². The van der Waals surface area contributed by atoms with Crippen molar-refractivity contribution in [2.24, 2.45) is 5.73 Å². The van der Waals surface area contributed by atoms with E-state index in [0.29, 0.717) is 23.4 Å². The number of para-hydroxylation sites is 1. The number of fused-ring (bicyclic) bond motifs is 1. The molecule has 0 aliphatic carbocycles. The van der Waals surface area contributed by atoms with Crippen molar-refractivity contribution in [1.29, 1.82) is 0 Å². The first-order valence-electron chi connectivity index (χ1n) is 7.78. The molecule has 128 valence electrons. The van der Waals surface area contributed by atoms with E-state index in [0.717, 1.165) is 10.9 Å². The summed E-state index contributed by atoms with van der Waals surface area (Å²) in [7, 11) is 3.66. The molecule has 7 heteroatoms. The van der Waals surface area contributed by atoms with Crippen LogP contribution in [0, 0.1) is 0 Å². The third-order valence-corrected chi connectivity index (χ3v) is 3.68. The first-order valence-corrected chi connectivity index (χ1v) is 7.78. The highest BCUT2D eigenvalue weighted by Crippen LogP contribution is 2.29. The zero-order valence-corrected chi connectivity index (χ0v) is 14.1. The van der Waals surface area contributed by atoms with Crippen LogP contribution in [0.2, 0.25) is 0 Å². The van der Waals surface area contributed by atoms with Crippen LogP contribution >= 0.6 is 0 Å². The van der Waals surface area contributed by atoms with Gasteiger partial charge in [-0.05, 0) is 32.3 Å². The minimum atomic E-state index is -0.641. The Morgan fingerprint density at radius 2 is 1.92 bits per heavy atom. The van der Waals surface area contributed by atoms with Gasteiger partial charge in [-0.25, -0.2) is 4.79 Å².